The third-order valence-corrected chi connectivity index (χ3v) is 5.15. The van der Waals surface area contributed by atoms with Crippen LogP contribution in [-0.2, 0) is 0 Å². The van der Waals surface area contributed by atoms with Crippen molar-refractivity contribution in [1.82, 2.24) is 14.1 Å². The Hall–Kier alpha value is -4.45. The summed E-state index contributed by atoms with van der Waals surface area (Å²) in [5, 5.41) is -0.0769. The monoisotopic (exact) mass is 407 g/mol. The molecule has 6 heteroatoms. The maximum absolute atomic E-state index is 13.6. The Labute approximate surface area is 176 Å². The lowest BCUT2D eigenvalue weighted by Crippen LogP contribution is -2.40. The van der Waals surface area contributed by atoms with Crippen LogP contribution in [0.15, 0.2) is 111 Å². The second-order valence-corrected chi connectivity index (χ2v) is 7.07. The van der Waals surface area contributed by atoms with Crippen molar-refractivity contribution >= 4 is 11.0 Å². The maximum Gasteiger partial charge on any atom is 0.341 e. The summed E-state index contributed by atoms with van der Waals surface area (Å²) >= 11 is 0. The van der Waals surface area contributed by atoms with Gasteiger partial charge in [0.2, 0.25) is 0 Å². The number of hydrogen-bond donors (Lipinski definition) is 1. The zero-order chi connectivity index (χ0) is 21.4. The molecule has 1 N–H and O–H groups in total. The highest BCUT2D eigenvalue weighted by atomic mass is 16.2. The summed E-state index contributed by atoms with van der Waals surface area (Å²) in [6, 6.07) is 28.2. The van der Waals surface area contributed by atoms with Crippen LogP contribution in [-0.4, -0.2) is 14.1 Å². The van der Waals surface area contributed by atoms with Gasteiger partial charge in [-0.3, -0.25) is 9.59 Å². The number of fused-ring (bicyclic) bond motifs is 1. The van der Waals surface area contributed by atoms with Crippen LogP contribution in [0, 0.1) is 0 Å². The van der Waals surface area contributed by atoms with Crippen LogP contribution in [0.25, 0.3) is 33.7 Å². The SMILES string of the molecule is O=c1cc(-c2ccccc2)[nH]c2c1c(=O)n(-c1ccccc1)c(=O)n2-c1ccccc1. The Kier molecular flexibility index (Phi) is 4.45. The molecule has 0 aliphatic heterocycles. The van der Waals surface area contributed by atoms with Gasteiger partial charge in [-0.2, -0.15) is 0 Å². The third-order valence-electron chi connectivity index (χ3n) is 5.15. The topological polar surface area (TPSA) is 76.9 Å². The summed E-state index contributed by atoms with van der Waals surface area (Å²) in [5.41, 5.74) is 0.750. The van der Waals surface area contributed by atoms with Gasteiger partial charge in [0.25, 0.3) is 5.56 Å². The van der Waals surface area contributed by atoms with E-state index in [1.54, 1.807) is 54.6 Å². The Morgan fingerprint density at radius 2 is 1.13 bits per heavy atom. The van der Waals surface area contributed by atoms with E-state index in [1.807, 2.05) is 36.4 Å². The molecule has 2 heterocycles. The Balaban J connectivity index is 1.97. The summed E-state index contributed by atoms with van der Waals surface area (Å²) in [5.74, 6) is 0. The van der Waals surface area contributed by atoms with Crippen molar-refractivity contribution < 1.29 is 0 Å². The molecule has 0 saturated carbocycles. The van der Waals surface area contributed by atoms with Crippen molar-refractivity contribution in [3.63, 3.8) is 0 Å². The van der Waals surface area contributed by atoms with Gasteiger partial charge in [-0.25, -0.2) is 13.9 Å². The van der Waals surface area contributed by atoms with Crippen molar-refractivity contribution in [2.24, 2.45) is 0 Å². The van der Waals surface area contributed by atoms with Crippen LogP contribution in [0.2, 0.25) is 0 Å². The van der Waals surface area contributed by atoms with Gasteiger partial charge < -0.3 is 4.98 Å². The molecule has 0 spiro atoms. The molecular formula is C25H17N3O3. The van der Waals surface area contributed by atoms with Crippen LogP contribution in [0.4, 0.5) is 0 Å². The van der Waals surface area contributed by atoms with Gasteiger partial charge in [0, 0.05) is 6.07 Å². The molecule has 0 saturated heterocycles. The van der Waals surface area contributed by atoms with Gasteiger partial charge in [0.1, 0.15) is 11.0 Å². The van der Waals surface area contributed by atoms with Crippen molar-refractivity contribution in [3.8, 4) is 22.6 Å². The normalized spacial score (nSPS) is 11.0. The van der Waals surface area contributed by atoms with E-state index in [2.05, 4.69) is 4.98 Å². The molecule has 0 aliphatic rings. The highest BCUT2D eigenvalue weighted by molar-refractivity contribution is 5.79. The number of rotatable bonds is 3. The van der Waals surface area contributed by atoms with Crippen LogP contribution in [0.3, 0.4) is 0 Å². The van der Waals surface area contributed by atoms with E-state index in [-0.39, 0.29) is 11.0 Å². The van der Waals surface area contributed by atoms with Crippen LogP contribution >= 0.6 is 0 Å². The number of aromatic nitrogens is 3. The van der Waals surface area contributed by atoms with Crippen molar-refractivity contribution in [1.29, 1.82) is 0 Å². The molecule has 0 bridgehead atoms. The molecule has 6 nitrogen and oxygen atoms in total. The van der Waals surface area contributed by atoms with E-state index >= 15 is 0 Å². The smallest absolute Gasteiger partial charge is 0.340 e. The maximum atomic E-state index is 13.6. The van der Waals surface area contributed by atoms with Crippen molar-refractivity contribution in [3.05, 3.63) is 128 Å². The van der Waals surface area contributed by atoms with E-state index in [0.717, 1.165) is 10.1 Å². The van der Waals surface area contributed by atoms with Gasteiger partial charge in [-0.15, -0.1) is 0 Å². The summed E-state index contributed by atoms with van der Waals surface area (Å²) in [7, 11) is 0. The molecule has 5 aromatic rings. The number of pyridine rings is 1. The largest absolute Gasteiger partial charge is 0.341 e. The second kappa shape index (κ2) is 7.42. The highest BCUT2D eigenvalue weighted by Gasteiger charge is 2.19. The lowest BCUT2D eigenvalue weighted by Gasteiger charge is -2.15. The molecule has 0 unspecified atom stereocenters. The average Bonchev–Trinajstić information content (AvgIpc) is 2.81. The first-order chi connectivity index (χ1) is 15.1. The molecule has 2 aromatic heterocycles. The molecule has 3 aromatic carbocycles. The van der Waals surface area contributed by atoms with E-state index in [0.29, 0.717) is 17.1 Å². The molecule has 0 radical (unpaired) electrons. The van der Waals surface area contributed by atoms with Gasteiger partial charge in [0.05, 0.1) is 17.1 Å². The Morgan fingerprint density at radius 3 is 1.71 bits per heavy atom. The number of para-hydroxylation sites is 2. The van der Waals surface area contributed by atoms with Gasteiger partial charge in [0.15, 0.2) is 5.43 Å². The number of aromatic amines is 1. The zero-order valence-electron chi connectivity index (χ0n) is 16.4. The van der Waals surface area contributed by atoms with Crippen LogP contribution in [0.1, 0.15) is 0 Å². The predicted octanol–water partition coefficient (Wildman–Crippen LogP) is 3.50. The third kappa shape index (κ3) is 3.11. The van der Waals surface area contributed by atoms with E-state index in [1.165, 1.54) is 10.6 Å². The summed E-state index contributed by atoms with van der Waals surface area (Å²) < 4.78 is 2.41. The number of nitrogens with one attached hydrogen (secondary N) is 1. The number of H-pyrrole nitrogens is 1. The summed E-state index contributed by atoms with van der Waals surface area (Å²) in [4.78, 5) is 43.2. The molecule has 150 valence electrons. The van der Waals surface area contributed by atoms with Crippen LogP contribution < -0.4 is 16.7 Å². The minimum absolute atomic E-state index is 0.0769. The second-order valence-electron chi connectivity index (χ2n) is 7.07. The average molecular weight is 407 g/mol. The molecule has 0 aliphatic carbocycles. The first-order valence-corrected chi connectivity index (χ1v) is 9.76. The van der Waals surface area contributed by atoms with Gasteiger partial charge >= 0.3 is 5.69 Å². The fraction of sp³-hybridized carbons (Fsp3) is 0. The lowest BCUT2D eigenvalue weighted by molar-refractivity contribution is 0.825. The standard InChI is InChI=1S/C25H17N3O3/c29-21-16-20(17-10-4-1-5-11-17)26-23-22(21)24(30)28(19-14-8-3-9-15-19)25(31)27(23)18-12-6-2-7-13-18/h1-16H,(H,26,29). The van der Waals surface area contributed by atoms with Crippen molar-refractivity contribution in [2.45, 2.75) is 0 Å². The quantitative estimate of drug-likeness (QED) is 0.497. The lowest BCUT2D eigenvalue weighted by atomic mass is 10.1. The van der Waals surface area contributed by atoms with E-state index in [4.69, 9.17) is 0 Å². The molecule has 5 rings (SSSR count). The molecule has 31 heavy (non-hydrogen) atoms. The highest BCUT2D eigenvalue weighted by Crippen LogP contribution is 2.18. The number of nitrogens with zero attached hydrogens (tertiary/aromatic N) is 2. The fourth-order valence-corrected chi connectivity index (χ4v) is 3.71. The van der Waals surface area contributed by atoms with Crippen molar-refractivity contribution in [2.75, 3.05) is 0 Å². The molecule has 0 fully saturated rings. The first-order valence-electron chi connectivity index (χ1n) is 9.76. The van der Waals surface area contributed by atoms with E-state index in [9.17, 15) is 14.4 Å². The summed E-state index contributed by atoms with van der Waals surface area (Å²) in [6.45, 7) is 0. The minimum atomic E-state index is -0.653. The first kappa shape index (κ1) is 18.6. The minimum Gasteiger partial charge on any atom is -0.340 e. The Bertz CT molecular complexity index is 1570. The molecule has 0 atom stereocenters. The van der Waals surface area contributed by atoms with Gasteiger partial charge in [-0.1, -0.05) is 66.7 Å². The fourth-order valence-electron chi connectivity index (χ4n) is 3.71. The number of benzene rings is 3. The summed E-state index contributed by atoms with van der Waals surface area (Å²) in [6.07, 6.45) is 0. The van der Waals surface area contributed by atoms with E-state index < -0.39 is 16.7 Å². The number of hydrogen-bond acceptors (Lipinski definition) is 3. The molecular weight excluding hydrogens is 390 g/mol. The predicted molar refractivity (Wildman–Crippen MR) is 121 cm³/mol. The Morgan fingerprint density at radius 1 is 0.613 bits per heavy atom. The molecule has 0 amide bonds. The van der Waals surface area contributed by atoms with Crippen LogP contribution in [0.5, 0.6) is 0 Å². The zero-order valence-corrected chi connectivity index (χ0v) is 16.4. The van der Waals surface area contributed by atoms with Gasteiger partial charge in [-0.05, 0) is 29.8 Å².